The molecule has 106 valence electrons. The van der Waals surface area contributed by atoms with Gasteiger partial charge < -0.3 is 5.32 Å². The fraction of sp³-hybridized carbons (Fsp3) is 0.231. The molecule has 0 saturated carbocycles. The van der Waals surface area contributed by atoms with Crippen LogP contribution >= 0.6 is 11.3 Å². The lowest BCUT2D eigenvalue weighted by Crippen LogP contribution is -2.04. The van der Waals surface area contributed by atoms with Crippen molar-refractivity contribution >= 4 is 27.9 Å². The zero-order valence-corrected chi connectivity index (χ0v) is 11.5. The molecular weight excluding hydrogens is 289 g/mol. The summed E-state index contributed by atoms with van der Waals surface area (Å²) in [6, 6.07) is 4.64. The molecule has 0 saturated heterocycles. The highest BCUT2D eigenvalue weighted by molar-refractivity contribution is 7.17. The Morgan fingerprint density at radius 1 is 1.25 bits per heavy atom. The molecule has 1 aromatic heterocycles. The van der Waals surface area contributed by atoms with Crippen LogP contribution in [0.2, 0.25) is 0 Å². The number of nitrogens with zero attached hydrogens (tertiary/aromatic N) is 1. The zero-order valence-electron chi connectivity index (χ0n) is 10.7. The van der Waals surface area contributed by atoms with E-state index in [1.807, 2.05) is 0 Å². The molecule has 0 aliphatic rings. The van der Waals surface area contributed by atoms with Crippen molar-refractivity contribution in [2.45, 2.75) is 20.0 Å². The highest BCUT2D eigenvalue weighted by Gasteiger charge is 2.29. The van der Waals surface area contributed by atoms with Gasteiger partial charge in [0.1, 0.15) is 0 Å². The normalized spacial score (nSPS) is 11.4. The lowest BCUT2D eigenvalue weighted by molar-refractivity contribution is -0.137. The molecule has 0 atom stereocenters. The number of ketones is 1. The lowest BCUT2D eigenvalue weighted by Gasteiger charge is -2.07. The SMILES string of the molecule is CC(=O)c1sc(Nc2ccc(C(F)(F)F)cc2)nc1C. The molecule has 20 heavy (non-hydrogen) atoms. The van der Waals surface area contributed by atoms with Crippen molar-refractivity contribution < 1.29 is 18.0 Å². The second-order valence-electron chi connectivity index (χ2n) is 4.19. The van der Waals surface area contributed by atoms with Crippen LogP contribution in [0.1, 0.15) is 27.9 Å². The average molecular weight is 300 g/mol. The number of carbonyl (C=O) groups is 1. The third-order valence-corrected chi connectivity index (χ3v) is 3.75. The fourth-order valence-corrected chi connectivity index (χ4v) is 2.52. The fourth-order valence-electron chi connectivity index (χ4n) is 1.64. The minimum Gasteiger partial charge on any atom is -0.332 e. The Morgan fingerprint density at radius 2 is 1.85 bits per heavy atom. The van der Waals surface area contributed by atoms with Gasteiger partial charge in [-0.1, -0.05) is 11.3 Å². The van der Waals surface area contributed by atoms with Gasteiger partial charge in [-0.3, -0.25) is 4.79 Å². The van der Waals surface area contributed by atoms with Gasteiger partial charge >= 0.3 is 6.18 Å². The first-order valence-corrected chi connectivity index (χ1v) is 6.51. The van der Waals surface area contributed by atoms with Crippen molar-refractivity contribution in [3.8, 4) is 0 Å². The van der Waals surface area contributed by atoms with Gasteiger partial charge in [0, 0.05) is 12.6 Å². The minimum absolute atomic E-state index is 0.0829. The van der Waals surface area contributed by atoms with E-state index in [-0.39, 0.29) is 5.78 Å². The maximum atomic E-state index is 12.4. The Labute approximate surface area is 117 Å². The van der Waals surface area contributed by atoms with Gasteiger partial charge in [-0.05, 0) is 31.2 Å². The minimum atomic E-state index is -4.35. The zero-order chi connectivity index (χ0) is 14.9. The van der Waals surface area contributed by atoms with Crippen LogP contribution in [0.4, 0.5) is 24.0 Å². The summed E-state index contributed by atoms with van der Waals surface area (Å²) >= 11 is 1.18. The molecule has 0 fully saturated rings. The molecule has 0 spiro atoms. The van der Waals surface area contributed by atoms with Gasteiger partial charge in [0.05, 0.1) is 16.1 Å². The third kappa shape index (κ3) is 3.16. The number of benzene rings is 1. The lowest BCUT2D eigenvalue weighted by atomic mass is 10.2. The number of anilines is 2. The first-order valence-electron chi connectivity index (χ1n) is 5.70. The van der Waals surface area contributed by atoms with E-state index in [9.17, 15) is 18.0 Å². The van der Waals surface area contributed by atoms with Crippen molar-refractivity contribution in [3.63, 3.8) is 0 Å². The molecule has 0 aliphatic heterocycles. The Morgan fingerprint density at radius 3 is 2.30 bits per heavy atom. The van der Waals surface area contributed by atoms with Crippen molar-refractivity contribution in [1.29, 1.82) is 0 Å². The van der Waals surface area contributed by atoms with Gasteiger partial charge in [0.15, 0.2) is 10.9 Å². The number of rotatable bonds is 3. The first kappa shape index (κ1) is 14.5. The Bertz CT molecular complexity index is 632. The molecule has 0 radical (unpaired) electrons. The third-order valence-electron chi connectivity index (χ3n) is 2.58. The number of nitrogens with one attached hydrogen (secondary N) is 1. The first-order chi connectivity index (χ1) is 9.27. The topological polar surface area (TPSA) is 42.0 Å². The summed E-state index contributed by atoms with van der Waals surface area (Å²) in [5, 5.41) is 3.37. The van der Waals surface area contributed by atoms with E-state index in [0.717, 1.165) is 12.1 Å². The van der Waals surface area contributed by atoms with E-state index in [2.05, 4.69) is 10.3 Å². The average Bonchev–Trinajstić information content (AvgIpc) is 2.70. The molecule has 0 bridgehead atoms. The number of Topliss-reactive ketones (excluding diaryl/α,β-unsaturated/α-hetero) is 1. The molecule has 1 heterocycles. The van der Waals surface area contributed by atoms with Crippen molar-refractivity contribution in [3.05, 3.63) is 40.4 Å². The van der Waals surface area contributed by atoms with Gasteiger partial charge in [-0.2, -0.15) is 13.2 Å². The van der Waals surface area contributed by atoms with E-state index in [0.29, 0.717) is 21.4 Å². The highest BCUT2D eigenvalue weighted by Crippen LogP contribution is 2.31. The number of hydrogen-bond acceptors (Lipinski definition) is 4. The second-order valence-corrected chi connectivity index (χ2v) is 5.19. The number of halogens is 3. The number of aryl methyl sites for hydroxylation is 1. The number of aromatic nitrogens is 1. The summed E-state index contributed by atoms with van der Waals surface area (Å²) in [6.07, 6.45) is -4.35. The second kappa shape index (κ2) is 5.24. The van der Waals surface area contributed by atoms with Crippen LogP contribution in [0, 0.1) is 6.92 Å². The van der Waals surface area contributed by atoms with Crippen LogP contribution in [0.3, 0.4) is 0 Å². The Kier molecular flexibility index (Phi) is 3.80. The van der Waals surface area contributed by atoms with Gasteiger partial charge in [0.2, 0.25) is 0 Å². The van der Waals surface area contributed by atoms with Gasteiger partial charge in [-0.15, -0.1) is 0 Å². The predicted octanol–water partition coefficient (Wildman–Crippen LogP) is 4.42. The van der Waals surface area contributed by atoms with E-state index < -0.39 is 11.7 Å². The molecule has 0 unspecified atom stereocenters. The molecule has 1 aromatic carbocycles. The van der Waals surface area contributed by atoms with Crippen LogP contribution in [0.15, 0.2) is 24.3 Å². The summed E-state index contributed by atoms with van der Waals surface area (Å²) in [6.45, 7) is 3.16. The molecule has 1 N–H and O–H groups in total. The predicted molar refractivity (Wildman–Crippen MR) is 71.6 cm³/mol. The standard InChI is InChI=1S/C13H11F3N2OS/c1-7-11(8(2)19)20-12(17-7)18-10-5-3-9(4-6-10)13(14,15)16/h3-6H,1-2H3,(H,17,18). The van der Waals surface area contributed by atoms with Crippen LogP contribution < -0.4 is 5.32 Å². The number of thiazole rings is 1. The molecule has 2 rings (SSSR count). The Hall–Kier alpha value is -1.89. The van der Waals surface area contributed by atoms with Crippen LogP contribution in [0.5, 0.6) is 0 Å². The van der Waals surface area contributed by atoms with Crippen LogP contribution in [0.25, 0.3) is 0 Å². The number of hydrogen-bond donors (Lipinski definition) is 1. The summed E-state index contributed by atoms with van der Waals surface area (Å²) in [7, 11) is 0. The van der Waals surface area contributed by atoms with E-state index in [4.69, 9.17) is 0 Å². The highest BCUT2D eigenvalue weighted by atomic mass is 32.1. The maximum absolute atomic E-state index is 12.4. The van der Waals surface area contributed by atoms with Crippen molar-refractivity contribution in [1.82, 2.24) is 4.98 Å². The molecule has 2 aromatic rings. The summed E-state index contributed by atoms with van der Waals surface area (Å²) < 4.78 is 37.3. The van der Waals surface area contributed by atoms with Gasteiger partial charge in [-0.25, -0.2) is 4.98 Å². The van der Waals surface area contributed by atoms with E-state index in [1.165, 1.54) is 30.4 Å². The molecule has 7 heteroatoms. The summed E-state index contributed by atoms with van der Waals surface area (Å²) in [4.78, 5) is 16.0. The van der Waals surface area contributed by atoms with Crippen LogP contribution in [-0.4, -0.2) is 10.8 Å². The molecular formula is C13H11F3N2OS. The van der Waals surface area contributed by atoms with Crippen molar-refractivity contribution in [2.75, 3.05) is 5.32 Å². The number of alkyl halides is 3. The van der Waals surface area contributed by atoms with E-state index in [1.54, 1.807) is 6.92 Å². The van der Waals surface area contributed by atoms with E-state index >= 15 is 0 Å². The van der Waals surface area contributed by atoms with Crippen LogP contribution in [-0.2, 0) is 6.18 Å². The largest absolute Gasteiger partial charge is 0.416 e. The van der Waals surface area contributed by atoms with Gasteiger partial charge in [0.25, 0.3) is 0 Å². The maximum Gasteiger partial charge on any atom is 0.416 e. The van der Waals surface area contributed by atoms with Crippen molar-refractivity contribution in [2.24, 2.45) is 0 Å². The molecule has 0 amide bonds. The summed E-state index contributed by atoms with van der Waals surface area (Å²) in [5.74, 6) is -0.0829. The molecule has 0 aliphatic carbocycles. The summed E-state index contributed by atoms with van der Waals surface area (Å²) in [5.41, 5.74) is 0.390. The Balaban J connectivity index is 2.18. The molecule has 3 nitrogen and oxygen atoms in total. The number of carbonyl (C=O) groups excluding carboxylic acids is 1. The monoisotopic (exact) mass is 300 g/mol. The smallest absolute Gasteiger partial charge is 0.332 e. The quantitative estimate of drug-likeness (QED) is 0.853.